The maximum absolute atomic E-state index is 13.1. The van der Waals surface area contributed by atoms with Crippen molar-refractivity contribution in [2.45, 2.75) is 45.7 Å². The smallest absolute Gasteiger partial charge is 0.118 e. The molecule has 3 heteroatoms. The van der Waals surface area contributed by atoms with Crippen molar-refractivity contribution in [2.75, 3.05) is 6.54 Å². The lowest BCUT2D eigenvalue weighted by atomic mass is 9.87. The summed E-state index contributed by atoms with van der Waals surface area (Å²) < 4.78 is 13.1. The van der Waals surface area contributed by atoms with Gasteiger partial charge in [0.05, 0.1) is 6.07 Å². The molecule has 1 rings (SSSR count). The van der Waals surface area contributed by atoms with E-state index in [0.717, 1.165) is 25.0 Å². The van der Waals surface area contributed by atoms with Gasteiger partial charge in [-0.25, -0.2) is 4.39 Å². The molecule has 0 bridgehead atoms. The number of halogens is 1. The lowest BCUT2D eigenvalue weighted by molar-refractivity contribution is 0.118. The largest absolute Gasteiger partial charge is 0.294 e. The van der Waals surface area contributed by atoms with Crippen molar-refractivity contribution in [1.29, 1.82) is 5.26 Å². The van der Waals surface area contributed by atoms with Gasteiger partial charge in [-0.15, -0.1) is 0 Å². The van der Waals surface area contributed by atoms with E-state index < -0.39 is 0 Å². The van der Waals surface area contributed by atoms with Crippen molar-refractivity contribution in [2.24, 2.45) is 5.92 Å². The summed E-state index contributed by atoms with van der Waals surface area (Å²) in [6.07, 6.45) is 6.29. The fourth-order valence-electron chi connectivity index (χ4n) is 2.48. The molecule has 0 saturated carbocycles. The molecule has 2 nitrogen and oxygen atoms in total. The zero-order valence-corrected chi connectivity index (χ0v) is 12.1. The van der Waals surface area contributed by atoms with Crippen LogP contribution in [0.4, 0.5) is 4.39 Å². The molecule has 2 atom stereocenters. The first-order valence-electron chi connectivity index (χ1n) is 6.83. The third kappa shape index (κ3) is 4.33. The molecule has 0 radical (unpaired) electrons. The van der Waals surface area contributed by atoms with Gasteiger partial charge in [0.15, 0.2) is 0 Å². The first-order chi connectivity index (χ1) is 8.99. The van der Waals surface area contributed by atoms with Crippen molar-refractivity contribution in [1.82, 2.24) is 4.90 Å². The van der Waals surface area contributed by atoms with Crippen LogP contribution < -0.4 is 0 Å². The van der Waals surface area contributed by atoms with Crippen LogP contribution in [-0.2, 0) is 0 Å². The van der Waals surface area contributed by atoms with Crippen LogP contribution >= 0.6 is 0 Å². The zero-order valence-electron chi connectivity index (χ0n) is 12.1. The van der Waals surface area contributed by atoms with E-state index in [1.807, 2.05) is 0 Å². The first kappa shape index (κ1) is 15.7. The maximum atomic E-state index is 13.1. The summed E-state index contributed by atoms with van der Waals surface area (Å²) in [7, 11) is 0. The molecule has 1 saturated heterocycles. The van der Waals surface area contributed by atoms with Crippen LogP contribution in [-0.4, -0.2) is 23.5 Å². The number of piperidine rings is 1. The van der Waals surface area contributed by atoms with Crippen molar-refractivity contribution >= 4 is 0 Å². The Hall–Kier alpha value is -1.40. The highest BCUT2D eigenvalue weighted by molar-refractivity contribution is 5.27. The lowest BCUT2D eigenvalue weighted by Gasteiger charge is -2.40. The highest BCUT2D eigenvalue weighted by Crippen LogP contribution is 2.28. The number of hydrogen-bond acceptors (Lipinski definition) is 2. The van der Waals surface area contributed by atoms with Crippen LogP contribution in [0.2, 0.25) is 0 Å². The molecule has 0 aromatic carbocycles. The van der Waals surface area contributed by atoms with Gasteiger partial charge in [0.1, 0.15) is 5.83 Å². The predicted molar refractivity (Wildman–Crippen MR) is 77.1 cm³/mol. The maximum Gasteiger partial charge on any atom is 0.118 e. The summed E-state index contributed by atoms with van der Waals surface area (Å²) in [5.41, 5.74) is 0.880. The number of hydrogen-bond donors (Lipinski definition) is 0. The van der Waals surface area contributed by atoms with Crippen molar-refractivity contribution < 1.29 is 4.39 Å². The minimum Gasteiger partial charge on any atom is -0.294 e. The van der Waals surface area contributed by atoms with Crippen LogP contribution in [0, 0.1) is 17.2 Å². The van der Waals surface area contributed by atoms with Crippen LogP contribution in [0.3, 0.4) is 0 Å². The Morgan fingerprint density at radius 3 is 2.68 bits per heavy atom. The number of likely N-dealkylation sites (tertiary alicyclic amines) is 1. The van der Waals surface area contributed by atoms with Gasteiger partial charge in [-0.2, -0.15) is 5.26 Å². The Labute approximate surface area is 115 Å². The average Bonchev–Trinajstić information content (AvgIpc) is 2.43. The van der Waals surface area contributed by atoms with E-state index in [2.05, 4.69) is 31.4 Å². The molecule has 0 spiro atoms. The molecule has 1 fully saturated rings. The second-order valence-electron chi connectivity index (χ2n) is 5.28. The van der Waals surface area contributed by atoms with Gasteiger partial charge < -0.3 is 0 Å². The van der Waals surface area contributed by atoms with Crippen molar-refractivity contribution in [3.05, 3.63) is 36.2 Å². The quantitative estimate of drug-likeness (QED) is 0.716. The van der Waals surface area contributed by atoms with E-state index in [1.165, 1.54) is 12.2 Å². The molecule has 1 heterocycles. The number of rotatable bonds is 4. The minimum atomic E-state index is -0.259. The van der Waals surface area contributed by atoms with Gasteiger partial charge >= 0.3 is 0 Å². The summed E-state index contributed by atoms with van der Waals surface area (Å²) in [5, 5.41) is 9.09. The summed E-state index contributed by atoms with van der Waals surface area (Å²) in [5.74, 6) is -0.179. The first-order valence-corrected chi connectivity index (χ1v) is 6.83. The Morgan fingerprint density at radius 2 is 2.16 bits per heavy atom. The summed E-state index contributed by atoms with van der Waals surface area (Å²) in [4.78, 5) is 2.34. The van der Waals surface area contributed by atoms with Gasteiger partial charge in [0, 0.05) is 24.5 Å². The Balaban J connectivity index is 2.82. The Bertz CT molecular complexity index is 415. The number of nitriles is 1. The third-order valence-electron chi connectivity index (χ3n) is 3.65. The molecule has 0 N–H and O–H groups in total. The van der Waals surface area contributed by atoms with Gasteiger partial charge in [0.2, 0.25) is 0 Å². The second-order valence-corrected chi connectivity index (χ2v) is 5.28. The van der Waals surface area contributed by atoms with Crippen molar-refractivity contribution in [3.8, 4) is 6.07 Å². The summed E-state index contributed by atoms with van der Waals surface area (Å²) >= 11 is 0. The minimum absolute atomic E-state index is 0.0803. The number of allylic oxidation sites excluding steroid dienone is 3. The molecule has 1 aliphatic rings. The zero-order chi connectivity index (χ0) is 14.4. The fourth-order valence-corrected chi connectivity index (χ4v) is 2.48. The molecular formula is C16H23FN2. The van der Waals surface area contributed by atoms with Gasteiger partial charge in [-0.3, -0.25) is 4.90 Å². The van der Waals surface area contributed by atoms with Gasteiger partial charge in [0.25, 0.3) is 0 Å². The SMILES string of the molecule is C=C(/C=C\C(F)=C/C)[C@H]1C[C@@H](C#N)CCN1C(C)C. The Morgan fingerprint density at radius 1 is 1.47 bits per heavy atom. The van der Waals surface area contributed by atoms with E-state index >= 15 is 0 Å². The van der Waals surface area contributed by atoms with Crippen LogP contribution in [0.15, 0.2) is 36.2 Å². The van der Waals surface area contributed by atoms with E-state index in [4.69, 9.17) is 5.26 Å². The molecule has 0 amide bonds. The molecule has 0 unspecified atom stereocenters. The molecular weight excluding hydrogens is 239 g/mol. The Kier molecular flexibility index (Phi) is 5.98. The van der Waals surface area contributed by atoms with Crippen LogP contribution in [0.1, 0.15) is 33.6 Å². The molecule has 19 heavy (non-hydrogen) atoms. The normalized spacial score (nSPS) is 25.8. The molecule has 0 aromatic heterocycles. The van der Waals surface area contributed by atoms with E-state index in [-0.39, 0.29) is 17.8 Å². The molecule has 0 aliphatic carbocycles. The standard InChI is InChI=1S/C16H23FN2/c1-5-15(17)7-6-13(4)16-10-14(11-18)8-9-19(16)12(2)3/h5-7,12,14,16H,4,8-10H2,1-3H3/b7-6-,15-5+/t14-,16+/m0/s1. The summed E-state index contributed by atoms with van der Waals surface area (Å²) in [6, 6.07) is 2.89. The second kappa shape index (κ2) is 7.25. The van der Waals surface area contributed by atoms with Crippen LogP contribution in [0.25, 0.3) is 0 Å². The van der Waals surface area contributed by atoms with E-state index in [1.54, 1.807) is 13.0 Å². The van der Waals surface area contributed by atoms with Crippen LogP contribution in [0.5, 0.6) is 0 Å². The predicted octanol–water partition coefficient (Wildman–Crippen LogP) is 3.98. The topological polar surface area (TPSA) is 27.0 Å². The highest BCUT2D eigenvalue weighted by atomic mass is 19.1. The highest BCUT2D eigenvalue weighted by Gasteiger charge is 2.30. The van der Waals surface area contributed by atoms with E-state index in [9.17, 15) is 4.39 Å². The lowest BCUT2D eigenvalue weighted by Crippen LogP contribution is -2.46. The summed E-state index contributed by atoms with van der Waals surface area (Å²) in [6.45, 7) is 10.9. The monoisotopic (exact) mass is 262 g/mol. The van der Waals surface area contributed by atoms with Crippen molar-refractivity contribution in [3.63, 3.8) is 0 Å². The molecule has 0 aromatic rings. The molecule has 1 aliphatic heterocycles. The third-order valence-corrected chi connectivity index (χ3v) is 3.65. The van der Waals surface area contributed by atoms with Gasteiger partial charge in [-0.05, 0) is 45.3 Å². The number of nitrogens with zero attached hydrogens (tertiary/aromatic N) is 2. The fraction of sp³-hybridized carbons (Fsp3) is 0.562. The molecule has 104 valence electrons. The average molecular weight is 262 g/mol. The van der Waals surface area contributed by atoms with E-state index in [0.29, 0.717) is 6.04 Å². The van der Waals surface area contributed by atoms with Gasteiger partial charge in [-0.1, -0.05) is 18.7 Å².